The summed E-state index contributed by atoms with van der Waals surface area (Å²) in [5.41, 5.74) is 0. The van der Waals surface area contributed by atoms with Gasteiger partial charge in [-0.25, -0.2) is 4.79 Å². The molecule has 1 atom stereocenters. The Hall–Kier alpha value is -0.730. The lowest BCUT2D eigenvalue weighted by atomic mass is 10.2. The molecule has 0 aromatic carbocycles. The Morgan fingerprint density at radius 3 is 2.45 bits per heavy atom. The van der Waals surface area contributed by atoms with Gasteiger partial charge in [-0.15, -0.1) is 0 Å². The predicted molar refractivity (Wildman–Crippen MR) is 42.5 cm³/mol. The summed E-state index contributed by atoms with van der Waals surface area (Å²) in [6.45, 7) is 4.05. The number of ether oxygens (including phenoxy) is 2. The van der Waals surface area contributed by atoms with E-state index in [4.69, 9.17) is 4.74 Å². The van der Waals surface area contributed by atoms with Gasteiger partial charge < -0.3 is 9.47 Å². The van der Waals surface area contributed by atoms with E-state index < -0.39 is 6.16 Å². The first kappa shape index (κ1) is 10.3. The zero-order chi connectivity index (χ0) is 8.69. The van der Waals surface area contributed by atoms with Crippen molar-refractivity contribution in [2.75, 3.05) is 7.11 Å². The maximum atomic E-state index is 10.6. The van der Waals surface area contributed by atoms with Crippen LogP contribution in [-0.4, -0.2) is 19.4 Å². The normalized spacial score (nSPS) is 12.3. The van der Waals surface area contributed by atoms with Crippen LogP contribution in [-0.2, 0) is 9.47 Å². The largest absolute Gasteiger partial charge is 0.508 e. The Morgan fingerprint density at radius 1 is 1.45 bits per heavy atom. The van der Waals surface area contributed by atoms with Crippen molar-refractivity contribution in [2.45, 2.75) is 39.2 Å². The first-order valence-electron chi connectivity index (χ1n) is 3.99. The summed E-state index contributed by atoms with van der Waals surface area (Å²) >= 11 is 0. The summed E-state index contributed by atoms with van der Waals surface area (Å²) < 4.78 is 9.30. The standard InChI is InChI=1S/C8H16O3/c1-4-6-7(5-2)11-8(9)10-3/h7H,4-6H2,1-3H3. The van der Waals surface area contributed by atoms with E-state index in [-0.39, 0.29) is 6.10 Å². The predicted octanol–water partition coefficient (Wildman–Crippen LogP) is 2.35. The van der Waals surface area contributed by atoms with E-state index in [1.807, 2.05) is 6.92 Å². The third-order valence-corrected chi connectivity index (χ3v) is 1.50. The average molecular weight is 160 g/mol. The Morgan fingerprint density at radius 2 is 2.09 bits per heavy atom. The maximum Gasteiger partial charge on any atom is 0.508 e. The van der Waals surface area contributed by atoms with E-state index in [9.17, 15) is 4.79 Å². The number of hydrogen-bond donors (Lipinski definition) is 0. The fraction of sp³-hybridized carbons (Fsp3) is 0.875. The molecular formula is C8H16O3. The van der Waals surface area contributed by atoms with E-state index in [2.05, 4.69) is 11.7 Å². The zero-order valence-electron chi connectivity index (χ0n) is 7.42. The van der Waals surface area contributed by atoms with Gasteiger partial charge in [-0.05, 0) is 12.8 Å². The number of carbonyl (C=O) groups is 1. The van der Waals surface area contributed by atoms with Crippen LogP contribution >= 0.6 is 0 Å². The minimum atomic E-state index is -0.578. The van der Waals surface area contributed by atoms with Crippen LogP contribution in [0.2, 0.25) is 0 Å². The molecule has 0 amide bonds. The SMILES string of the molecule is CCCC(CC)OC(=O)OC. The van der Waals surface area contributed by atoms with Crippen LogP contribution in [0, 0.1) is 0 Å². The van der Waals surface area contributed by atoms with Gasteiger partial charge in [-0.1, -0.05) is 20.3 Å². The molecule has 3 heteroatoms. The van der Waals surface area contributed by atoms with Gasteiger partial charge in [0.15, 0.2) is 0 Å². The minimum absolute atomic E-state index is 0.0208. The fourth-order valence-electron chi connectivity index (χ4n) is 0.853. The minimum Gasteiger partial charge on any atom is -0.438 e. The second-order valence-corrected chi connectivity index (χ2v) is 2.39. The summed E-state index contributed by atoms with van der Waals surface area (Å²) in [6, 6.07) is 0. The third-order valence-electron chi connectivity index (χ3n) is 1.50. The molecule has 0 fully saturated rings. The van der Waals surface area contributed by atoms with Gasteiger partial charge >= 0.3 is 6.16 Å². The molecule has 0 heterocycles. The fourth-order valence-corrected chi connectivity index (χ4v) is 0.853. The lowest BCUT2D eigenvalue weighted by Crippen LogP contribution is -2.16. The van der Waals surface area contributed by atoms with Gasteiger partial charge in [-0.3, -0.25) is 0 Å². The summed E-state index contributed by atoms with van der Waals surface area (Å²) in [7, 11) is 1.32. The molecular weight excluding hydrogens is 144 g/mol. The number of rotatable bonds is 4. The van der Waals surface area contributed by atoms with E-state index in [0.29, 0.717) is 0 Å². The van der Waals surface area contributed by atoms with Gasteiger partial charge in [-0.2, -0.15) is 0 Å². The molecule has 0 saturated heterocycles. The van der Waals surface area contributed by atoms with Crippen molar-refractivity contribution in [3.8, 4) is 0 Å². The molecule has 0 N–H and O–H groups in total. The molecule has 11 heavy (non-hydrogen) atoms. The molecule has 0 aromatic rings. The highest BCUT2D eigenvalue weighted by molar-refractivity contribution is 5.59. The molecule has 0 aromatic heterocycles. The molecule has 66 valence electrons. The molecule has 0 bridgehead atoms. The van der Waals surface area contributed by atoms with Gasteiger partial charge in [0.05, 0.1) is 7.11 Å². The van der Waals surface area contributed by atoms with E-state index >= 15 is 0 Å². The highest BCUT2D eigenvalue weighted by atomic mass is 16.7. The van der Waals surface area contributed by atoms with Crippen molar-refractivity contribution in [3.63, 3.8) is 0 Å². The average Bonchev–Trinajstić information content (AvgIpc) is 2.03. The highest BCUT2D eigenvalue weighted by Crippen LogP contribution is 2.06. The topological polar surface area (TPSA) is 35.5 Å². The molecule has 0 saturated carbocycles. The zero-order valence-corrected chi connectivity index (χ0v) is 7.42. The van der Waals surface area contributed by atoms with Crippen LogP contribution in [0.25, 0.3) is 0 Å². The maximum absolute atomic E-state index is 10.6. The molecule has 0 rings (SSSR count). The van der Waals surface area contributed by atoms with E-state index in [1.165, 1.54) is 7.11 Å². The van der Waals surface area contributed by atoms with Crippen LogP contribution in [0.4, 0.5) is 4.79 Å². The number of methoxy groups -OCH3 is 1. The van der Waals surface area contributed by atoms with Crippen LogP contribution in [0.5, 0.6) is 0 Å². The van der Waals surface area contributed by atoms with Crippen LogP contribution in [0.1, 0.15) is 33.1 Å². The Kier molecular flexibility index (Phi) is 5.61. The van der Waals surface area contributed by atoms with E-state index in [0.717, 1.165) is 19.3 Å². The van der Waals surface area contributed by atoms with Crippen molar-refractivity contribution in [1.29, 1.82) is 0 Å². The lowest BCUT2D eigenvalue weighted by Gasteiger charge is -2.13. The number of carbonyl (C=O) groups excluding carboxylic acids is 1. The molecule has 1 unspecified atom stereocenters. The highest BCUT2D eigenvalue weighted by Gasteiger charge is 2.10. The van der Waals surface area contributed by atoms with Crippen molar-refractivity contribution < 1.29 is 14.3 Å². The first-order chi connectivity index (χ1) is 5.24. The van der Waals surface area contributed by atoms with Crippen molar-refractivity contribution in [2.24, 2.45) is 0 Å². The van der Waals surface area contributed by atoms with Crippen LogP contribution in [0.15, 0.2) is 0 Å². The summed E-state index contributed by atoms with van der Waals surface area (Å²) in [5.74, 6) is 0. The smallest absolute Gasteiger partial charge is 0.438 e. The van der Waals surface area contributed by atoms with Crippen molar-refractivity contribution >= 4 is 6.16 Å². The molecule has 0 aliphatic rings. The number of hydrogen-bond acceptors (Lipinski definition) is 3. The summed E-state index contributed by atoms with van der Waals surface area (Å²) in [5, 5.41) is 0. The van der Waals surface area contributed by atoms with Gasteiger partial charge in [0.1, 0.15) is 6.10 Å². The second-order valence-electron chi connectivity index (χ2n) is 2.39. The van der Waals surface area contributed by atoms with Gasteiger partial charge in [0.25, 0.3) is 0 Å². The monoisotopic (exact) mass is 160 g/mol. The molecule has 0 spiro atoms. The first-order valence-corrected chi connectivity index (χ1v) is 3.99. The second kappa shape index (κ2) is 6.01. The van der Waals surface area contributed by atoms with Gasteiger partial charge in [0.2, 0.25) is 0 Å². The van der Waals surface area contributed by atoms with E-state index in [1.54, 1.807) is 0 Å². The molecule has 0 aliphatic heterocycles. The third kappa shape index (κ3) is 4.65. The lowest BCUT2D eigenvalue weighted by molar-refractivity contribution is 0.0322. The Balaban J connectivity index is 3.58. The quantitative estimate of drug-likeness (QED) is 0.592. The Bertz CT molecular complexity index is 112. The van der Waals surface area contributed by atoms with Crippen molar-refractivity contribution in [3.05, 3.63) is 0 Å². The molecule has 3 nitrogen and oxygen atoms in total. The van der Waals surface area contributed by atoms with Gasteiger partial charge in [0, 0.05) is 0 Å². The van der Waals surface area contributed by atoms with Crippen molar-refractivity contribution in [1.82, 2.24) is 0 Å². The molecule has 0 radical (unpaired) electrons. The molecule has 0 aliphatic carbocycles. The summed E-state index contributed by atoms with van der Waals surface area (Å²) in [4.78, 5) is 10.6. The van der Waals surface area contributed by atoms with Crippen LogP contribution in [0.3, 0.4) is 0 Å². The Labute approximate surface area is 67.7 Å². The summed E-state index contributed by atoms with van der Waals surface area (Å²) in [6.07, 6.45) is 2.22. The van der Waals surface area contributed by atoms with Crippen LogP contribution < -0.4 is 0 Å².